The van der Waals surface area contributed by atoms with Crippen LogP contribution in [0.2, 0.25) is 0 Å². The minimum atomic E-state index is -5.16. The number of hydrogen-bond acceptors (Lipinski definition) is 24. The molecule has 1 aromatic carbocycles. The number of nitrogens with one attached hydrogen (secondary N) is 4. The van der Waals surface area contributed by atoms with E-state index in [1.54, 1.807) is 12.1 Å². The van der Waals surface area contributed by atoms with Gasteiger partial charge in [0.25, 0.3) is 5.91 Å². The second-order valence-corrected chi connectivity index (χ2v) is 20.3. The van der Waals surface area contributed by atoms with Crippen LogP contribution in [0.4, 0.5) is 0 Å². The van der Waals surface area contributed by atoms with Crippen LogP contribution < -0.4 is 26.0 Å². The van der Waals surface area contributed by atoms with Crippen molar-refractivity contribution < 1.29 is 120 Å². The van der Waals surface area contributed by atoms with Crippen LogP contribution in [-0.4, -0.2) is 238 Å². The summed E-state index contributed by atoms with van der Waals surface area (Å²) in [5, 5.41) is 109. The molecular formula is C48H76N4O25S. The molecule has 4 aliphatic heterocycles. The van der Waals surface area contributed by atoms with E-state index in [9.17, 15) is 78.1 Å². The Morgan fingerprint density at radius 1 is 0.564 bits per heavy atom. The third-order valence-electron chi connectivity index (χ3n) is 13.2. The van der Waals surface area contributed by atoms with Gasteiger partial charge in [-0.25, -0.2) is 4.18 Å². The molecule has 5 rings (SSSR count). The minimum absolute atomic E-state index is 0.0808. The molecule has 14 N–H and O–H groups in total. The van der Waals surface area contributed by atoms with Gasteiger partial charge in [-0.05, 0) is 49.9 Å². The van der Waals surface area contributed by atoms with Gasteiger partial charge in [-0.15, -0.1) is 0 Å². The maximum Gasteiger partial charge on any atom is 0.397 e. The van der Waals surface area contributed by atoms with Crippen LogP contribution in [0.25, 0.3) is 0 Å². The van der Waals surface area contributed by atoms with Crippen LogP contribution >= 0.6 is 0 Å². The zero-order valence-electron chi connectivity index (χ0n) is 43.5. The fourth-order valence-electron chi connectivity index (χ4n) is 9.33. The summed E-state index contributed by atoms with van der Waals surface area (Å²) >= 11 is 0. The van der Waals surface area contributed by atoms with Crippen molar-refractivity contribution >= 4 is 34.0 Å². The number of carbonyl (C=O) groups excluding carboxylic acids is 4. The van der Waals surface area contributed by atoms with Gasteiger partial charge < -0.3 is 105 Å². The van der Waals surface area contributed by atoms with Gasteiger partial charge in [-0.3, -0.25) is 23.7 Å². The number of unbranched alkanes of at least 4 members (excludes halogenated alkanes) is 5. The highest BCUT2D eigenvalue weighted by Gasteiger charge is 2.56. The molecule has 78 heavy (non-hydrogen) atoms. The van der Waals surface area contributed by atoms with Crippen molar-refractivity contribution in [3.63, 3.8) is 0 Å². The lowest BCUT2D eigenvalue weighted by Gasteiger charge is -2.51. The summed E-state index contributed by atoms with van der Waals surface area (Å²) in [7, 11) is -5.16. The largest absolute Gasteiger partial charge is 0.494 e. The molecule has 1 aromatic rings. The first kappa shape index (κ1) is 64.7. The van der Waals surface area contributed by atoms with Crippen molar-refractivity contribution in [1.29, 1.82) is 0 Å². The van der Waals surface area contributed by atoms with Crippen LogP contribution in [0.15, 0.2) is 36.4 Å². The van der Waals surface area contributed by atoms with Gasteiger partial charge in [-0.2, -0.15) is 8.42 Å². The van der Waals surface area contributed by atoms with Gasteiger partial charge in [0.1, 0.15) is 103 Å². The predicted octanol–water partition coefficient (Wildman–Crippen LogP) is -4.37. The van der Waals surface area contributed by atoms with E-state index in [0.717, 1.165) is 46.5 Å². The lowest BCUT2D eigenvalue weighted by molar-refractivity contribution is -0.361. The molecule has 4 fully saturated rings. The van der Waals surface area contributed by atoms with Crippen molar-refractivity contribution in [2.75, 3.05) is 33.0 Å². The quantitative estimate of drug-likeness (QED) is 0.0225. The number of carbonyl (C=O) groups is 4. The average molecular weight is 1140 g/mol. The standard InChI is InChI=1S/C48H76N4O25S/c1-5-6-7-8-9-10-11-12-13-18-69-27-16-14-26(15-17-27)44(64)52-33-37(60)36(59)28(19-53)72-46(33)75-41-29(20-54)73-47(34(39(41)62)50-24(3)57)76-42-30(21-55)74-48(35(40(42)63)51-25(4)58)77-43-31(22-70-78(66,67)68)71-45(65)32(38(43)61)49-23(2)56/h10-11,14-17,28-43,45-48,53-55,59-63,65H,5-9,12-13,18-22H2,1-4H3,(H,49,56)(H,50,57)(H,51,58)(H,52,64)(H,66,67,68)/b11-10-/t28?,29-,30?,31-,32?,33?,34?,35?,36+,37-,38?,39?,40-,41-,42+,43-,45?,46+,47-,48+/m1/s1. The van der Waals surface area contributed by atoms with Gasteiger partial charge in [0.15, 0.2) is 25.2 Å². The Morgan fingerprint density at radius 3 is 1.49 bits per heavy atom. The Morgan fingerprint density at radius 2 is 1.01 bits per heavy atom. The fraction of sp³-hybridized carbons (Fsp3) is 0.750. The lowest BCUT2D eigenvalue weighted by atomic mass is 9.93. The SMILES string of the molecule is CCCCCC/C=C\CCCOc1ccc(C(=O)NC2[C@H](O[C@H]3C(O)C(NC(C)=O)[C@@H](O[C@H]4C(CO)O[C@@H](O[C@H]5C(O)C(NC(C)=O)C(O)O[C@@H]5COS(=O)(=O)O)C(NC(C)=O)[C@H]4O)O[C@@H]3CO)OC(CO)[C@H](O)[C@@H]2O)cc1. The first-order valence-electron chi connectivity index (χ1n) is 25.6. The molecule has 0 aliphatic carbocycles. The van der Waals surface area contributed by atoms with Crippen molar-refractivity contribution in [1.82, 2.24) is 21.3 Å². The number of hydrogen-bond donors (Lipinski definition) is 14. The highest BCUT2D eigenvalue weighted by atomic mass is 32.3. The van der Waals surface area contributed by atoms with Gasteiger partial charge in [-0.1, -0.05) is 38.3 Å². The molecule has 4 aliphatic rings. The maximum absolute atomic E-state index is 13.7. The van der Waals surface area contributed by atoms with Crippen LogP contribution in [0.3, 0.4) is 0 Å². The highest BCUT2D eigenvalue weighted by molar-refractivity contribution is 7.80. The Balaban J connectivity index is 1.33. The molecule has 4 heterocycles. The van der Waals surface area contributed by atoms with Gasteiger partial charge in [0.2, 0.25) is 17.7 Å². The first-order chi connectivity index (χ1) is 37.0. The van der Waals surface area contributed by atoms with Crippen LogP contribution in [0.1, 0.15) is 83.0 Å². The van der Waals surface area contributed by atoms with E-state index in [1.807, 2.05) is 0 Å². The molecule has 444 valence electrons. The van der Waals surface area contributed by atoms with Gasteiger partial charge in [0, 0.05) is 26.3 Å². The van der Waals surface area contributed by atoms with Crippen LogP contribution in [-0.2, 0) is 62.1 Å². The van der Waals surface area contributed by atoms with Gasteiger partial charge >= 0.3 is 10.4 Å². The summed E-state index contributed by atoms with van der Waals surface area (Å²) < 4.78 is 83.8. The second kappa shape index (κ2) is 30.6. The minimum Gasteiger partial charge on any atom is -0.494 e. The van der Waals surface area contributed by atoms with Crippen LogP contribution in [0.5, 0.6) is 5.75 Å². The van der Waals surface area contributed by atoms with E-state index in [1.165, 1.54) is 31.4 Å². The molecule has 0 radical (unpaired) electrons. The zero-order chi connectivity index (χ0) is 57.4. The number of aliphatic hydroxyl groups is 9. The maximum atomic E-state index is 13.7. The van der Waals surface area contributed by atoms with Crippen molar-refractivity contribution in [2.24, 2.45) is 0 Å². The van der Waals surface area contributed by atoms with Gasteiger partial charge in [0.05, 0.1) is 33.0 Å². The van der Waals surface area contributed by atoms with E-state index in [4.69, 9.17) is 37.9 Å². The number of aliphatic hydroxyl groups excluding tert-OH is 9. The predicted molar refractivity (Wildman–Crippen MR) is 263 cm³/mol. The first-order valence-corrected chi connectivity index (χ1v) is 27.0. The van der Waals surface area contributed by atoms with E-state index in [0.29, 0.717) is 12.4 Å². The number of ether oxygens (including phenoxy) is 8. The zero-order valence-corrected chi connectivity index (χ0v) is 44.3. The molecule has 0 aromatic heterocycles. The van der Waals surface area contributed by atoms with Crippen LogP contribution in [0, 0.1) is 0 Å². The summed E-state index contributed by atoms with van der Waals surface area (Å²) in [5.74, 6) is -2.72. The molecule has 30 heteroatoms. The number of amides is 4. The monoisotopic (exact) mass is 1140 g/mol. The Kier molecular flexibility index (Phi) is 25.4. The summed E-state index contributed by atoms with van der Waals surface area (Å²) in [5.41, 5.74) is 0.0808. The highest BCUT2D eigenvalue weighted by Crippen LogP contribution is 2.35. The molecule has 0 bridgehead atoms. The molecular weight excluding hydrogens is 1060 g/mol. The lowest BCUT2D eigenvalue weighted by Crippen LogP contribution is -2.71. The van der Waals surface area contributed by atoms with E-state index >= 15 is 0 Å². The molecule has 4 amide bonds. The molecule has 4 saturated heterocycles. The summed E-state index contributed by atoms with van der Waals surface area (Å²) in [6.07, 6.45) is -17.8. The Labute approximate surface area is 450 Å². The smallest absolute Gasteiger partial charge is 0.397 e. The van der Waals surface area contributed by atoms with E-state index < -0.39 is 183 Å². The number of benzene rings is 1. The van der Waals surface area contributed by atoms with Crippen molar-refractivity contribution in [3.05, 3.63) is 42.0 Å². The fourth-order valence-corrected chi connectivity index (χ4v) is 9.64. The van der Waals surface area contributed by atoms with E-state index in [-0.39, 0.29) is 5.56 Å². The molecule has 20 atom stereocenters. The van der Waals surface area contributed by atoms with E-state index in [2.05, 4.69) is 44.5 Å². The number of rotatable bonds is 27. The summed E-state index contributed by atoms with van der Waals surface area (Å²) in [4.78, 5) is 51.0. The normalized spacial score (nSPS) is 35.4. The Bertz CT molecular complexity index is 2200. The third-order valence-corrected chi connectivity index (χ3v) is 13.7. The second-order valence-electron chi connectivity index (χ2n) is 19.2. The third kappa shape index (κ3) is 17.9. The summed E-state index contributed by atoms with van der Waals surface area (Å²) in [6.45, 7) is 1.68. The molecule has 9 unspecified atom stereocenters. The summed E-state index contributed by atoms with van der Waals surface area (Å²) in [6, 6.07) is -0.739. The topological polar surface area (TPSA) is 436 Å². The van der Waals surface area contributed by atoms with Crippen molar-refractivity contribution in [2.45, 2.75) is 195 Å². The Hall–Kier alpha value is -4.13. The molecule has 29 nitrogen and oxygen atoms in total. The molecule has 0 saturated carbocycles. The average Bonchev–Trinajstić information content (AvgIpc) is 3.43. The molecule has 0 spiro atoms. The number of allylic oxidation sites excluding steroid dienone is 2. The van der Waals surface area contributed by atoms with Crippen molar-refractivity contribution in [3.8, 4) is 5.75 Å².